The number of thiazole rings is 1. The Morgan fingerprint density at radius 2 is 2.54 bits per heavy atom. The molecule has 13 heavy (non-hydrogen) atoms. The minimum Gasteiger partial charge on any atom is -0.277 e. The van der Waals surface area contributed by atoms with Crippen LogP contribution in [0.25, 0.3) is 0 Å². The fraction of sp³-hybridized carbons (Fsp3) is 0.500. The van der Waals surface area contributed by atoms with E-state index in [9.17, 15) is 4.79 Å². The van der Waals surface area contributed by atoms with Crippen LogP contribution < -0.4 is 5.48 Å². The van der Waals surface area contributed by atoms with Gasteiger partial charge in [-0.05, 0) is 12.8 Å². The van der Waals surface area contributed by atoms with Crippen LogP contribution in [0.15, 0.2) is 5.38 Å². The van der Waals surface area contributed by atoms with Crippen molar-refractivity contribution in [3.63, 3.8) is 0 Å². The van der Waals surface area contributed by atoms with Crippen molar-refractivity contribution >= 4 is 17.2 Å². The zero-order valence-electron chi connectivity index (χ0n) is 7.24. The molecule has 0 aliphatic heterocycles. The number of nitrogens with zero attached hydrogens (tertiary/aromatic N) is 1. The Morgan fingerprint density at radius 1 is 1.77 bits per heavy atom. The summed E-state index contributed by atoms with van der Waals surface area (Å²) in [5.41, 5.74) is 2.69. The molecule has 1 aliphatic carbocycles. The van der Waals surface area contributed by atoms with E-state index in [1.807, 2.05) is 0 Å². The first-order valence-electron chi connectivity index (χ1n) is 4.10. The predicted molar refractivity (Wildman–Crippen MR) is 48.6 cm³/mol. The number of amides is 1. The van der Waals surface area contributed by atoms with Gasteiger partial charge in [0.1, 0.15) is 5.69 Å². The Hall–Kier alpha value is -0.940. The molecule has 5 heteroatoms. The van der Waals surface area contributed by atoms with E-state index in [0.717, 1.165) is 5.01 Å². The Bertz CT molecular complexity index is 320. The lowest BCUT2D eigenvalue weighted by Gasteiger charge is -1.96. The summed E-state index contributed by atoms with van der Waals surface area (Å²) in [7, 11) is 1.41. The normalized spacial score (nSPS) is 15.8. The minimum absolute atomic E-state index is 0.273. The van der Waals surface area contributed by atoms with Gasteiger partial charge in [-0.15, -0.1) is 11.3 Å². The van der Waals surface area contributed by atoms with E-state index in [2.05, 4.69) is 15.3 Å². The second-order valence-electron chi connectivity index (χ2n) is 2.98. The van der Waals surface area contributed by atoms with E-state index in [0.29, 0.717) is 11.6 Å². The zero-order chi connectivity index (χ0) is 9.26. The van der Waals surface area contributed by atoms with Crippen LogP contribution in [0, 0.1) is 0 Å². The molecule has 1 N–H and O–H groups in total. The third kappa shape index (κ3) is 1.87. The summed E-state index contributed by atoms with van der Waals surface area (Å²) in [5, 5.41) is 2.84. The van der Waals surface area contributed by atoms with Crippen LogP contribution in [0.1, 0.15) is 34.3 Å². The third-order valence-corrected chi connectivity index (χ3v) is 2.88. The van der Waals surface area contributed by atoms with Gasteiger partial charge in [0.15, 0.2) is 0 Å². The van der Waals surface area contributed by atoms with Crippen molar-refractivity contribution in [2.24, 2.45) is 0 Å². The van der Waals surface area contributed by atoms with Gasteiger partial charge in [0.05, 0.1) is 12.1 Å². The van der Waals surface area contributed by atoms with E-state index in [1.165, 1.54) is 20.0 Å². The highest BCUT2D eigenvalue weighted by molar-refractivity contribution is 7.10. The second kappa shape index (κ2) is 3.43. The van der Waals surface area contributed by atoms with Crippen molar-refractivity contribution in [1.29, 1.82) is 0 Å². The summed E-state index contributed by atoms with van der Waals surface area (Å²) in [5.74, 6) is 0.333. The van der Waals surface area contributed by atoms with Crippen molar-refractivity contribution in [2.45, 2.75) is 18.8 Å². The van der Waals surface area contributed by atoms with Gasteiger partial charge in [0.25, 0.3) is 5.91 Å². The summed E-state index contributed by atoms with van der Waals surface area (Å²) in [6, 6.07) is 0. The first-order chi connectivity index (χ1) is 6.31. The molecule has 0 aromatic carbocycles. The average molecular weight is 198 g/mol. The molecule has 1 fully saturated rings. The van der Waals surface area contributed by atoms with Gasteiger partial charge in [0, 0.05) is 11.3 Å². The second-order valence-corrected chi connectivity index (χ2v) is 3.87. The molecule has 0 saturated heterocycles. The monoisotopic (exact) mass is 198 g/mol. The zero-order valence-corrected chi connectivity index (χ0v) is 8.06. The number of hydrogen-bond donors (Lipinski definition) is 1. The Balaban J connectivity index is 2.07. The van der Waals surface area contributed by atoms with Gasteiger partial charge in [-0.3, -0.25) is 9.63 Å². The van der Waals surface area contributed by atoms with Gasteiger partial charge in [0.2, 0.25) is 0 Å². The molecule has 70 valence electrons. The fourth-order valence-corrected chi connectivity index (χ4v) is 2.03. The van der Waals surface area contributed by atoms with Crippen molar-refractivity contribution in [3.05, 3.63) is 16.1 Å². The van der Waals surface area contributed by atoms with Crippen molar-refractivity contribution in [2.75, 3.05) is 7.11 Å². The molecular weight excluding hydrogens is 188 g/mol. The number of carbonyl (C=O) groups is 1. The van der Waals surface area contributed by atoms with Crippen molar-refractivity contribution in [3.8, 4) is 0 Å². The van der Waals surface area contributed by atoms with Crippen LogP contribution in [0.5, 0.6) is 0 Å². The standard InChI is InChI=1S/C8H10N2O2S/c1-12-10-7(11)6-4-13-8(9-6)5-2-3-5/h4-5H,2-3H2,1H3,(H,10,11). The molecule has 1 aromatic heterocycles. The lowest BCUT2D eigenvalue weighted by molar-refractivity contribution is 0.0533. The smallest absolute Gasteiger partial charge is 0.277 e. The van der Waals surface area contributed by atoms with E-state index < -0.39 is 0 Å². The quantitative estimate of drug-likeness (QED) is 0.745. The van der Waals surface area contributed by atoms with Crippen molar-refractivity contribution in [1.82, 2.24) is 10.5 Å². The van der Waals surface area contributed by atoms with Crippen LogP contribution in [-0.4, -0.2) is 18.0 Å². The van der Waals surface area contributed by atoms with E-state index in [1.54, 1.807) is 16.7 Å². The summed E-state index contributed by atoms with van der Waals surface area (Å²) < 4.78 is 0. The Kier molecular flexibility index (Phi) is 2.28. The van der Waals surface area contributed by atoms with E-state index in [-0.39, 0.29) is 5.91 Å². The molecule has 1 aliphatic rings. The molecule has 0 spiro atoms. The Labute approximate surface area is 79.9 Å². The lowest BCUT2D eigenvalue weighted by atomic mass is 10.4. The highest BCUT2D eigenvalue weighted by Gasteiger charge is 2.27. The number of nitrogens with one attached hydrogen (secondary N) is 1. The summed E-state index contributed by atoms with van der Waals surface area (Å²) >= 11 is 1.55. The maximum atomic E-state index is 11.2. The molecule has 1 heterocycles. The number of aromatic nitrogens is 1. The first-order valence-corrected chi connectivity index (χ1v) is 4.98. The van der Waals surface area contributed by atoms with Crippen LogP contribution in [0.3, 0.4) is 0 Å². The van der Waals surface area contributed by atoms with Crippen molar-refractivity contribution < 1.29 is 9.63 Å². The largest absolute Gasteiger partial charge is 0.294 e. The van der Waals surface area contributed by atoms with Crippen LogP contribution >= 0.6 is 11.3 Å². The molecule has 1 aromatic rings. The Morgan fingerprint density at radius 3 is 3.15 bits per heavy atom. The number of hydroxylamine groups is 1. The summed E-state index contributed by atoms with van der Waals surface area (Å²) in [6.45, 7) is 0. The molecule has 0 unspecified atom stereocenters. The highest BCUT2D eigenvalue weighted by atomic mass is 32.1. The molecule has 4 nitrogen and oxygen atoms in total. The first kappa shape index (κ1) is 8.65. The SMILES string of the molecule is CONC(=O)c1csc(C2CC2)n1. The predicted octanol–water partition coefficient (Wildman–Crippen LogP) is 1.31. The third-order valence-electron chi connectivity index (χ3n) is 1.88. The highest BCUT2D eigenvalue weighted by Crippen LogP contribution is 2.41. The summed E-state index contributed by atoms with van der Waals surface area (Å²) in [6.07, 6.45) is 2.41. The van der Waals surface area contributed by atoms with Gasteiger partial charge in [-0.2, -0.15) is 0 Å². The molecule has 0 atom stereocenters. The van der Waals surface area contributed by atoms with Crippen LogP contribution in [0.4, 0.5) is 0 Å². The maximum absolute atomic E-state index is 11.2. The number of rotatable bonds is 3. The fourth-order valence-electron chi connectivity index (χ4n) is 1.05. The molecule has 0 bridgehead atoms. The van der Waals surface area contributed by atoms with E-state index >= 15 is 0 Å². The molecule has 2 rings (SSSR count). The average Bonchev–Trinajstić information content (AvgIpc) is 2.84. The molecule has 1 saturated carbocycles. The van der Waals surface area contributed by atoms with Gasteiger partial charge in [-0.25, -0.2) is 10.5 Å². The van der Waals surface area contributed by atoms with E-state index in [4.69, 9.17) is 0 Å². The van der Waals surface area contributed by atoms with Gasteiger partial charge >= 0.3 is 0 Å². The van der Waals surface area contributed by atoms with Gasteiger partial charge in [-0.1, -0.05) is 0 Å². The molecular formula is C8H10N2O2S. The van der Waals surface area contributed by atoms with Crippen LogP contribution in [0.2, 0.25) is 0 Å². The van der Waals surface area contributed by atoms with Crippen LogP contribution in [-0.2, 0) is 4.84 Å². The minimum atomic E-state index is -0.273. The molecule has 1 amide bonds. The summed E-state index contributed by atoms with van der Waals surface area (Å²) in [4.78, 5) is 19.9. The maximum Gasteiger partial charge on any atom is 0.294 e. The number of hydrogen-bond acceptors (Lipinski definition) is 4. The molecule has 0 radical (unpaired) electrons. The van der Waals surface area contributed by atoms with Gasteiger partial charge < -0.3 is 0 Å². The topological polar surface area (TPSA) is 51.2 Å². The lowest BCUT2D eigenvalue weighted by Crippen LogP contribution is -2.22. The number of carbonyl (C=O) groups excluding carboxylic acids is 1.